The molecule has 2 aromatic carbocycles. The van der Waals surface area contributed by atoms with Gasteiger partial charge in [-0.2, -0.15) is 5.26 Å². The number of ether oxygens (including phenoxy) is 3. The molecule has 7 nitrogen and oxygen atoms in total. The Hall–Kier alpha value is -4.31. The Morgan fingerprint density at radius 1 is 0.970 bits per heavy atom. The van der Waals surface area contributed by atoms with Crippen molar-refractivity contribution >= 4 is 0 Å². The Morgan fingerprint density at radius 3 is 2.61 bits per heavy atom. The molecule has 0 N–H and O–H groups in total. The minimum Gasteiger partial charge on any atom is -0.493 e. The molecule has 166 valence electrons. The fourth-order valence-corrected chi connectivity index (χ4v) is 3.26. The number of nitrogens with zero attached hydrogens (tertiary/aromatic N) is 3. The highest BCUT2D eigenvalue weighted by molar-refractivity contribution is 5.53. The highest BCUT2D eigenvalue weighted by Gasteiger charge is 2.14. The summed E-state index contributed by atoms with van der Waals surface area (Å²) in [7, 11) is 1.59. The molecule has 0 saturated heterocycles. The molecule has 0 radical (unpaired) electrons. The van der Waals surface area contributed by atoms with Crippen LogP contribution in [-0.2, 0) is 19.6 Å². The number of rotatable bonds is 9. The Labute approximate surface area is 192 Å². The van der Waals surface area contributed by atoms with Crippen LogP contribution in [0.3, 0.4) is 0 Å². The van der Waals surface area contributed by atoms with Crippen LogP contribution >= 0.6 is 0 Å². The molecule has 2 aromatic heterocycles. The van der Waals surface area contributed by atoms with Crippen molar-refractivity contribution in [2.45, 2.75) is 26.6 Å². The molecule has 0 bridgehead atoms. The molecule has 2 heterocycles. The normalized spacial score (nSPS) is 10.5. The minimum atomic E-state index is 0.243. The van der Waals surface area contributed by atoms with E-state index in [2.05, 4.69) is 16.0 Å². The summed E-state index contributed by atoms with van der Waals surface area (Å²) >= 11 is 0. The number of benzene rings is 2. The molecule has 33 heavy (non-hydrogen) atoms. The van der Waals surface area contributed by atoms with Crippen molar-refractivity contribution in [3.8, 4) is 34.9 Å². The van der Waals surface area contributed by atoms with Crippen molar-refractivity contribution < 1.29 is 18.6 Å². The standard InChI is InChI=1S/C26H23N3O4/c1-18-22(29-26(33-18)20-7-4-3-5-8-20)17-31-23-11-10-19(15-24(23)30-2)16-32-25-21(12-13-27)9-6-14-28-25/h3-11,14-15H,12,16-17H2,1-2H3. The molecular formula is C26H23N3O4. The van der Waals surface area contributed by atoms with Gasteiger partial charge >= 0.3 is 0 Å². The van der Waals surface area contributed by atoms with E-state index in [1.165, 1.54) is 0 Å². The molecule has 4 aromatic rings. The van der Waals surface area contributed by atoms with E-state index in [9.17, 15) is 0 Å². The first-order valence-electron chi connectivity index (χ1n) is 10.4. The summed E-state index contributed by atoms with van der Waals surface area (Å²) in [5, 5.41) is 8.96. The Kier molecular flexibility index (Phi) is 6.86. The zero-order valence-electron chi connectivity index (χ0n) is 18.4. The van der Waals surface area contributed by atoms with Crippen molar-refractivity contribution in [1.82, 2.24) is 9.97 Å². The van der Waals surface area contributed by atoms with Gasteiger partial charge in [-0.15, -0.1) is 0 Å². The Balaban J connectivity index is 1.43. The largest absolute Gasteiger partial charge is 0.493 e. The lowest BCUT2D eigenvalue weighted by Crippen LogP contribution is -2.03. The third kappa shape index (κ3) is 5.31. The first-order chi connectivity index (χ1) is 16.2. The second-order valence-corrected chi connectivity index (χ2v) is 7.25. The lowest BCUT2D eigenvalue weighted by molar-refractivity contribution is 0.275. The summed E-state index contributed by atoms with van der Waals surface area (Å²) in [6, 6.07) is 21.1. The molecule has 0 spiro atoms. The van der Waals surface area contributed by atoms with Crippen LogP contribution in [0.15, 0.2) is 71.3 Å². The van der Waals surface area contributed by atoms with Gasteiger partial charge in [0.15, 0.2) is 11.5 Å². The van der Waals surface area contributed by atoms with E-state index in [-0.39, 0.29) is 19.6 Å². The fraction of sp³-hybridized carbons (Fsp3) is 0.192. The van der Waals surface area contributed by atoms with Crippen molar-refractivity contribution in [2.24, 2.45) is 0 Å². The predicted octanol–water partition coefficient (Wildman–Crippen LogP) is 5.28. The van der Waals surface area contributed by atoms with Crippen molar-refractivity contribution in [1.29, 1.82) is 5.26 Å². The number of oxazole rings is 1. The van der Waals surface area contributed by atoms with Crippen LogP contribution in [0.2, 0.25) is 0 Å². The maximum absolute atomic E-state index is 8.96. The molecule has 0 aliphatic heterocycles. The average Bonchev–Trinajstić information content (AvgIpc) is 3.23. The molecule has 0 amide bonds. The lowest BCUT2D eigenvalue weighted by Gasteiger charge is -2.13. The SMILES string of the molecule is COc1cc(COc2ncccc2CC#N)ccc1OCc1nc(-c2ccccc2)oc1C. The first-order valence-corrected chi connectivity index (χ1v) is 10.4. The van der Waals surface area contributed by atoms with Gasteiger partial charge in [0, 0.05) is 17.3 Å². The van der Waals surface area contributed by atoms with Crippen molar-refractivity contribution in [3.05, 3.63) is 89.4 Å². The van der Waals surface area contributed by atoms with Crippen LogP contribution < -0.4 is 14.2 Å². The van der Waals surface area contributed by atoms with Gasteiger partial charge in [0.05, 0.1) is 19.6 Å². The smallest absolute Gasteiger partial charge is 0.226 e. The number of methoxy groups -OCH3 is 1. The summed E-state index contributed by atoms with van der Waals surface area (Å²) < 4.78 is 23.1. The van der Waals surface area contributed by atoms with Crippen LogP contribution in [0.1, 0.15) is 22.6 Å². The van der Waals surface area contributed by atoms with E-state index in [1.807, 2.05) is 61.5 Å². The summed E-state index contributed by atoms with van der Waals surface area (Å²) in [6.45, 7) is 2.41. The van der Waals surface area contributed by atoms with Gasteiger partial charge in [-0.05, 0) is 42.8 Å². The molecule has 0 aliphatic carbocycles. The zero-order valence-corrected chi connectivity index (χ0v) is 18.4. The van der Waals surface area contributed by atoms with Crippen LogP contribution in [0.25, 0.3) is 11.5 Å². The Bertz CT molecular complexity index is 1260. The Morgan fingerprint density at radius 2 is 1.82 bits per heavy atom. The summed E-state index contributed by atoms with van der Waals surface area (Å²) in [5.74, 6) is 2.90. The van der Waals surface area contributed by atoms with Crippen LogP contribution in [-0.4, -0.2) is 17.1 Å². The van der Waals surface area contributed by atoms with Gasteiger partial charge in [0.2, 0.25) is 11.8 Å². The van der Waals surface area contributed by atoms with E-state index in [0.717, 1.165) is 22.4 Å². The van der Waals surface area contributed by atoms with E-state index < -0.39 is 0 Å². The molecule has 4 rings (SSSR count). The number of hydrogen-bond acceptors (Lipinski definition) is 7. The fourth-order valence-electron chi connectivity index (χ4n) is 3.26. The number of hydrogen-bond donors (Lipinski definition) is 0. The van der Waals surface area contributed by atoms with Crippen LogP contribution in [0.4, 0.5) is 0 Å². The second-order valence-electron chi connectivity index (χ2n) is 7.25. The minimum absolute atomic E-state index is 0.243. The number of aromatic nitrogens is 2. The zero-order chi connectivity index (χ0) is 23.0. The maximum atomic E-state index is 8.96. The maximum Gasteiger partial charge on any atom is 0.226 e. The summed E-state index contributed by atoms with van der Waals surface area (Å²) in [6.07, 6.45) is 1.88. The third-order valence-electron chi connectivity index (χ3n) is 5.00. The van der Waals surface area contributed by atoms with E-state index in [1.54, 1.807) is 19.4 Å². The number of aryl methyl sites for hydroxylation is 1. The lowest BCUT2D eigenvalue weighted by atomic mass is 10.2. The average molecular weight is 441 g/mol. The number of nitriles is 1. The second kappa shape index (κ2) is 10.3. The first kappa shape index (κ1) is 21.9. The van der Waals surface area contributed by atoms with E-state index >= 15 is 0 Å². The highest BCUT2D eigenvalue weighted by Crippen LogP contribution is 2.30. The predicted molar refractivity (Wildman–Crippen MR) is 122 cm³/mol. The summed E-state index contributed by atoms with van der Waals surface area (Å²) in [5.41, 5.74) is 3.28. The highest BCUT2D eigenvalue weighted by atomic mass is 16.5. The molecule has 0 saturated carbocycles. The van der Waals surface area contributed by atoms with Gasteiger partial charge in [-0.25, -0.2) is 9.97 Å². The van der Waals surface area contributed by atoms with Gasteiger partial charge in [0.1, 0.15) is 24.7 Å². The number of pyridine rings is 1. The van der Waals surface area contributed by atoms with E-state index in [4.69, 9.17) is 23.9 Å². The topological polar surface area (TPSA) is 90.4 Å². The van der Waals surface area contributed by atoms with Crippen LogP contribution in [0.5, 0.6) is 17.4 Å². The van der Waals surface area contributed by atoms with E-state index in [0.29, 0.717) is 29.0 Å². The van der Waals surface area contributed by atoms with Gasteiger partial charge in [-0.1, -0.05) is 30.3 Å². The van der Waals surface area contributed by atoms with Gasteiger partial charge in [-0.3, -0.25) is 0 Å². The molecular weight excluding hydrogens is 418 g/mol. The molecule has 0 atom stereocenters. The van der Waals surface area contributed by atoms with Gasteiger partial charge in [0.25, 0.3) is 0 Å². The van der Waals surface area contributed by atoms with Crippen molar-refractivity contribution in [2.75, 3.05) is 7.11 Å². The molecule has 0 unspecified atom stereocenters. The monoisotopic (exact) mass is 441 g/mol. The molecule has 0 aliphatic rings. The van der Waals surface area contributed by atoms with Gasteiger partial charge < -0.3 is 18.6 Å². The van der Waals surface area contributed by atoms with Crippen molar-refractivity contribution in [3.63, 3.8) is 0 Å². The molecule has 7 heteroatoms. The third-order valence-corrected chi connectivity index (χ3v) is 5.00. The quantitative estimate of drug-likeness (QED) is 0.349. The molecule has 0 fully saturated rings. The summed E-state index contributed by atoms with van der Waals surface area (Å²) in [4.78, 5) is 8.79. The van der Waals surface area contributed by atoms with Crippen LogP contribution in [0, 0.1) is 18.3 Å².